The van der Waals surface area contributed by atoms with Crippen molar-refractivity contribution in [3.05, 3.63) is 5.82 Å². The Morgan fingerprint density at radius 3 is 2.72 bits per heavy atom. The van der Waals surface area contributed by atoms with E-state index in [1.165, 1.54) is 0 Å². The molecule has 1 aliphatic rings. The number of hydrogen-bond acceptors (Lipinski definition) is 5. The Labute approximate surface area is 110 Å². The van der Waals surface area contributed by atoms with E-state index in [9.17, 15) is 4.79 Å². The van der Waals surface area contributed by atoms with E-state index in [0.717, 1.165) is 17.6 Å². The van der Waals surface area contributed by atoms with E-state index < -0.39 is 5.97 Å². The van der Waals surface area contributed by atoms with Crippen molar-refractivity contribution in [1.29, 1.82) is 0 Å². The van der Waals surface area contributed by atoms with Crippen molar-refractivity contribution in [3.8, 4) is 0 Å². The van der Waals surface area contributed by atoms with E-state index in [1.807, 2.05) is 6.92 Å². The quantitative estimate of drug-likeness (QED) is 0.807. The molecule has 1 aromatic rings. The van der Waals surface area contributed by atoms with Crippen molar-refractivity contribution in [2.75, 3.05) is 5.75 Å². The largest absolute Gasteiger partial charge is 0.481 e. The van der Waals surface area contributed by atoms with E-state index in [0.29, 0.717) is 11.1 Å². The molecule has 0 spiro atoms. The summed E-state index contributed by atoms with van der Waals surface area (Å²) in [6.07, 6.45) is 0.297. The average Bonchev–Trinajstić information content (AvgIpc) is 2.83. The second-order valence-electron chi connectivity index (χ2n) is 4.62. The van der Waals surface area contributed by atoms with Crippen molar-refractivity contribution in [2.24, 2.45) is 5.92 Å². The van der Waals surface area contributed by atoms with Crippen LogP contribution in [-0.2, 0) is 9.53 Å². The lowest BCUT2D eigenvalue weighted by Crippen LogP contribution is -2.16. The molecule has 1 fully saturated rings. The lowest BCUT2D eigenvalue weighted by atomic mass is 9.89. The molecule has 7 heteroatoms. The average molecular weight is 271 g/mol. The van der Waals surface area contributed by atoms with Gasteiger partial charge in [0.05, 0.1) is 18.0 Å². The Bertz CT molecular complexity index is 437. The second-order valence-corrected chi connectivity index (χ2v) is 5.56. The molecule has 2 rings (SSSR count). The van der Waals surface area contributed by atoms with Crippen molar-refractivity contribution in [3.63, 3.8) is 0 Å². The van der Waals surface area contributed by atoms with Gasteiger partial charge in [0.1, 0.15) is 5.82 Å². The monoisotopic (exact) mass is 271 g/mol. The van der Waals surface area contributed by atoms with Crippen LogP contribution in [0.2, 0.25) is 0 Å². The normalized spacial score (nSPS) is 31.7. The molecule has 1 saturated heterocycles. The van der Waals surface area contributed by atoms with Gasteiger partial charge in [-0.1, -0.05) is 18.7 Å². The van der Waals surface area contributed by atoms with Crippen LogP contribution >= 0.6 is 11.8 Å². The molecule has 0 aliphatic carbocycles. The molecular weight excluding hydrogens is 254 g/mol. The predicted molar refractivity (Wildman–Crippen MR) is 66.7 cm³/mol. The Morgan fingerprint density at radius 1 is 1.44 bits per heavy atom. The molecule has 0 amide bonds. The minimum absolute atomic E-state index is 0.0278. The van der Waals surface area contributed by atoms with Crippen molar-refractivity contribution in [1.82, 2.24) is 15.2 Å². The third-order valence-corrected chi connectivity index (χ3v) is 4.20. The molecule has 100 valence electrons. The number of H-pyrrole nitrogens is 1. The Hall–Kier alpha value is -1.08. The van der Waals surface area contributed by atoms with E-state index in [-0.39, 0.29) is 23.9 Å². The highest BCUT2D eigenvalue weighted by Gasteiger charge is 2.39. The number of aliphatic carboxylic acids is 1. The SMILES string of the molecule is CC1OC(C)C(c2nc(SCC(=O)O)n[nH]2)C1C. The fourth-order valence-electron chi connectivity index (χ4n) is 2.34. The van der Waals surface area contributed by atoms with E-state index in [1.54, 1.807) is 0 Å². The summed E-state index contributed by atoms with van der Waals surface area (Å²) < 4.78 is 5.76. The molecule has 1 aromatic heterocycles. The van der Waals surface area contributed by atoms with E-state index in [2.05, 4.69) is 29.0 Å². The van der Waals surface area contributed by atoms with Crippen LogP contribution in [0.5, 0.6) is 0 Å². The topological polar surface area (TPSA) is 88.1 Å². The predicted octanol–water partition coefficient (Wildman–Crippen LogP) is 1.51. The maximum Gasteiger partial charge on any atom is 0.313 e. The lowest BCUT2D eigenvalue weighted by molar-refractivity contribution is -0.133. The summed E-state index contributed by atoms with van der Waals surface area (Å²) in [5.41, 5.74) is 0. The van der Waals surface area contributed by atoms with Gasteiger partial charge in [0.25, 0.3) is 0 Å². The zero-order valence-electron chi connectivity index (χ0n) is 10.6. The molecule has 4 atom stereocenters. The molecule has 0 radical (unpaired) electrons. The minimum Gasteiger partial charge on any atom is -0.481 e. The summed E-state index contributed by atoms with van der Waals surface area (Å²) in [6, 6.07) is 0. The molecule has 2 N–H and O–H groups in total. The van der Waals surface area contributed by atoms with E-state index >= 15 is 0 Å². The molecule has 0 aromatic carbocycles. The van der Waals surface area contributed by atoms with Gasteiger partial charge in [-0.2, -0.15) is 0 Å². The number of aromatic amines is 1. The summed E-state index contributed by atoms with van der Waals surface area (Å²) in [5.74, 6) is 0.440. The van der Waals surface area contributed by atoms with Gasteiger partial charge in [-0.05, 0) is 19.8 Å². The molecule has 1 aliphatic heterocycles. The molecule has 4 unspecified atom stereocenters. The van der Waals surface area contributed by atoms with Crippen molar-refractivity contribution in [2.45, 2.75) is 44.1 Å². The summed E-state index contributed by atoms with van der Waals surface area (Å²) in [6.45, 7) is 6.21. The second kappa shape index (κ2) is 5.27. The van der Waals surface area contributed by atoms with Gasteiger partial charge < -0.3 is 9.84 Å². The van der Waals surface area contributed by atoms with Crippen LogP contribution in [0.3, 0.4) is 0 Å². The molecule has 18 heavy (non-hydrogen) atoms. The highest BCUT2D eigenvalue weighted by atomic mass is 32.2. The summed E-state index contributed by atoms with van der Waals surface area (Å²) >= 11 is 1.12. The number of carboxylic acids is 1. The fraction of sp³-hybridized carbons (Fsp3) is 0.727. The van der Waals surface area contributed by atoms with Gasteiger partial charge in [-0.15, -0.1) is 5.10 Å². The maximum absolute atomic E-state index is 10.5. The number of thioether (sulfide) groups is 1. The highest BCUT2D eigenvalue weighted by molar-refractivity contribution is 7.99. The van der Waals surface area contributed by atoms with Gasteiger partial charge in [0, 0.05) is 5.92 Å². The number of ether oxygens (including phenoxy) is 1. The molecule has 0 bridgehead atoms. The van der Waals surface area contributed by atoms with Crippen LogP contribution in [0, 0.1) is 5.92 Å². The van der Waals surface area contributed by atoms with Gasteiger partial charge in [0.2, 0.25) is 5.16 Å². The zero-order valence-corrected chi connectivity index (χ0v) is 11.4. The third kappa shape index (κ3) is 2.67. The zero-order chi connectivity index (χ0) is 13.3. The van der Waals surface area contributed by atoms with Crippen LogP contribution in [-0.4, -0.2) is 44.2 Å². The van der Waals surface area contributed by atoms with Crippen molar-refractivity contribution >= 4 is 17.7 Å². The molecule has 0 saturated carbocycles. The summed E-state index contributed by atoms with van der Waals surface area (Å²) in [4.78, 5) is 14.8. The fourth-order valence-corrected chi connectivity index (χ4v) is 2.86. The van der Waals surface area contributed by atoms with Crippen LogP contribution in [0.1, 0.15) is 32.5 Å². The van der Waals surface area contributed by atoms with Gasteiger partial charge in [-0.3, -0.25) is 9.89 Å². The Kier molecular flexibility index (Phi) is 3.91. The molecular formula is C11H17N3O3S. The lowest BCUT2D eigenvalue weighted by Gasteiger charge is -2.14. The third-order valence-electron chi connectivity index (χ3n) is 3.36. The minimum atomic E-state index is -0.870. The number of rotatable bonds is 4. The molecule has 6 nitrogen and oxygen atoms in total. The first kappa shape index (κ1) is 13.4. The number of nitrogens with one attached hydrogen (secondary N) is 1. The van der Waals surface area contributed by atoms with Crippen molar-refractivity contribution < 1.29 is 14.6 Å². The van der Waals surface area contributed by atoms with Crippen LogP contribution in [0.15, 0.2) is 5.16 Å². The Balaban J connectivity index is 2.07. The van der Waals surface area contributed by atoms with Crippen LogP contribution in [0.25, 0.3) is 0 Å². The standard InChI is InChI=1S/C11H17N3O3S/c1-5-6(2)17-7(3)9(5)10-12-11(14-13-10)18-4-8(15)16/h5-7,9H,4H2,1-3H3,(H,15,16)(H,12,13,14). The molecule has 2 heterocycles. The maximum atomic E-state index is 10.5. The Morgan fingerprint density at radius 2 is 2.17 bits per heavy atom. The first-order chi connectivity index (χ1) is 8.49. The smallest absolute Gasteiger partial charge is 0.313 e. The number of carbonyl (C=O) groups is 1. The van der Waals surface area contributed by atoms with Crippen LogP contribution < -0.4 is 0 Å². The van der Waals surface area contributed by atoms with Gasteiger partial charge in [-0.25, -0.2) is 4.98 Å². The number of hydrogen-bond donors (Lipinski definition) is 2. The van der Waals surface area contributed by atoms with Gasteiger partial charge >= 0.3 is 5.97 Å². The first-order valence-corrected chi connectivity index (χ1v) is 6.90. The number of aromatic nitrogens is 3. The first-order valence-electron chi connectivity index (χ1n) is 5.91. The number of carboxylic acid groups (broad SMARTS) is 1. The van der Waals surface area contributed by atoms with Crippen LogP contribution in [0.4, 0.5) is 0 Å². The highest BCUT2D eigenvalue weighted by Crippen LogP contribution is 2.38. The van der Waals surface area contributed by atoms with Gasteiger partial charge in [0.15, 0.2) is 0 Å². The van der Waals surface area contributed by atoms with E-state index in [4.69, 9.17) is 9.84 Å². The summed E-state index contributed by atoms with van der Waals surface area (Å²) in [7, 11) is 0. The number of nitrogens with zero attached hydrogens (tertiary/aromatic N) is 2. The summed E-state index contributed by atoms with van der Waals surface area (Å²) in [5, 5.41) is 16.0.